The Balaban J connectivity index is 2.16. The van der Waals surface area contributed by atoms with Gasteiger partial charge in [-0.05, 0) is 32.0 Å². The van der Waals surface area contributed by atoms with Gasteiger partial charge in [0.1, 0.15) is 0 Å². The van der Waals surface area contributed by atoms with Crippen molar-refractivity contribution in [3.63, 3.8) is 0 Å². The van der Waals surface area contributed by atoms with Gasteiger partial charge in [0, 0.05) is 11.4 Å². The molecule has 0 amide bonds. The first-order valence-electron chi connectivity index (χ1n) is 6.34. The minimum atomic E-state index is -0.319. The molecular formula is C14H18ClN3O. The van der Waals surface area contributed by atoms with Gasteiger partial charge >= 0.3 is 0 Å². The van der Waals surface area contributed by atoms with Gasteiger partial charge < -0.3 is 9.84 Å². The van der Waals surface area contributed by atoms with Crippen molar-refractivity contribution in [3.05, 3.63) is 46.6 Å². The Kier molecular flexibility index (Phi) is 4.22. The Labute approximate surface area is 118 Å². The highest BCUT2D eigenvalue weighted by Crippen LogP contribution is 2.21. The Morgan fingerprint density at radius 2 is 2.05 bits per heavy atom. The quantitative estimate of drug-likeness (QED) is 0.913. The summed E-state index contributed by atoms with van der Waals surface area (Å²) in [6.07, 6.45) is 0.575. The van der Waals surface area contributed by atoms with Crippen LogP contribution < -0.4 is 5.32 Å². The molecule has 1 N–H and O–H groups in total. The first-order valence-corrected chi connectivity index (χ1v) is 6.72. The number of hydrogen-bond donors (Lipinski definition) is 1. The lowest BCUT2D eigenvalue weighted by atomic mass is 10.1. The van der Waals surface area contributed by atoms with Gasteiger partial charge in [0.15, 0.2) is 5.82 Å². The fraction of sp³-hybridized carbons (Fsp3) is 0.429. The van der Waals surface area contributed by atoms with Crippen molar-refractivity contribution in [3.8, 4) is 0 Å². The van der Waals surface area contributed by atoms with Crippen LogP contribution in [0.15, 0.2) is 28.8 Å². The normalized spacial score (nSPS) is 11.8. The molecule has 5 heteroatoms. The Morgan fingerprint density at radius 1 is 1.32 bits per heavy atom. The lowest BCUT2D eigenvalue weighted by Gasteiger charge is -2.20. The molecule has 0 saturated heterocycles. The highest BCUT2D eigenvalue weighted by molar-refractivity contribution is 6.31. The zero-order valence-corrected chi connectivity index (χ0v) is 12.2. The number of nitrogens with one attached hydrogen (secondary N) is 1. The Hall–Kier alpha value is -1.39. The molecular weight excluding hydrogens is 262 g/mol. The third kappa shape index (κ3) is 3.33. The smallest absolute Gasteiger partial charge is 0.246 e. The second kappa shape index (κ2) is 5.72. The zero-order valence-electron chi connectivity index (χ0n) is 11.4. The Morgan fingerprint density at radius 3 is 2.74 bits per heavy atom. The molecule has 0 aliphatic heterocycles. The van der Waals surface area contributed by atoms with Crippen LogP contribution in [-0.2, 0) is 12.0 Å². The van der Waals surface area contributed by atoms with Crippen LogP contribution in [0.3, 0.4) is 0 Å². The van der Waals surface area contributed by atoms with Crippen molar-refractivity contribution >= 4 is 11.6 Å². The van der Waals surface area contributed by atoms with Crippen molar-refractivity contribution < 1.29 is 4.52 Å². The average Bonchev–Trinajstić information content (AvgIpc) is 2.81. The highest BCUT2D eigenvalue weighted by Gasteiger charge is 2.26. The average molecular weight is 280 g/mol. The summed E-state index contributed by atoms with van der Waals surface area (Å²) in [6.45, 7) is 6.92. The topological polar surface area (TPSA) is 51.0 Å². The molecule has 1 aromatic heterocycles. The summed E-state index contributed by atoms with van der Waals surface area (Å²) in [7, 11) is 0. The van der Waals surface area contributed by atoms with E-state index in [0.717, 1.165) is 17.1 Å². The molecule has 0 aliphatic rings. The first-order chi connectivity index (χ1) is 9.03. The highest BCUT2D eigenvalue weighted by atomic mass is 35.5. The fourth-order valence-corrected chi connectivity index (χ4v) is 2.11. The summed E-state index contributed by atoms with van der Waals surface area (Å²) in [5.74, 6) is 1.24. The van der Waals surface area contributed by atoms with E-state index in [0.29, 0.717) is 18.1 Å². The van der Waals surface area contributed by atoms with Crippen LogP contribution in [0.2, 0.25) is 5.02 Å². The predicted octanol–water partition coefficient (Wildman–Crippen LogP) is 3.16. The number of hydrogen-bond acceptors (Lipinski definition) is 4. The molecule has 2 aromatic rings. The van der Waals surface area contributed by atoms with Crippen LogP contribution in [0, 0.1) is 0 Å². The second-order valence-electron chi connectivity index (χ2n) is 4.94. The Bertz CT molecular complexity index is 551. The summed E-state index contributed by atoms with van der Waals surface area (Å²) >= 11 is 6.12. The first kappa shape index (κ1) is 14.0. The van der Waals surface area contributed by atoms with E-state index < -0.39 is 0 Å². The van der Waals surface area contributed by atoms with E-state index in [4.69, 9.17) is 16.1 Å². The lowest BCUT2D eigenvalue weighted by molar-refractivity contribution is 0.271. The van der Waals surface area contributed by atoms with E-state index >= 15 is 0 Å². The molecule has 0 fully saturated rings. The molecule has 0 spiro atoms. The van der Waals surface area contributed by atoms with E-state index in [-0.39, 0.29) is 5.54 Å². The molecule has 0 unspecified atom stereocenters. The van der Waals surface area contributed by atoms with Gasteiger partial charge in [-0.3, -0.25) is 0 Å². The zero-order chi connectivity index (χ0) is 13.9. The summed E-state index contributed by atoms with van der Waals surface area (Å²) < 4.78 is 5.33. The van der Waals surface area contributed by atoms with Gasteiger partial charge in [0.05, 0.1) is 5.54 Å². The number of benzene rings is 1. The van der Waals surface area contributed by atoms with E-state index in [9.17, 15) is 0 Å². The molecule has 19 heavy (non-hydrogen) atoms. The van der Waals surface area contributed by atoms with Crippen LogP contribution in [-0.4, -0.2) is 16.7 Å². The van der Waals surface area contributed by atoms with Crippen LogP contribution in [0.1, 0.15) is 38.0 Å². The largest absolute Gasteiger partial charge is 0.337 e. The van der Waals surface area contributed by atoms with Crippen LogP contribution in [0.5, 0.6) is 0 Å². The van der Waals surface area contributed by atoms with Gasteiger partial charge in [-0.25, -0.2) is 0 Å². The molecule has 0 atom stereocenters. The van der Waals surface area contributed by atoms with Crippen molar-refractivity contribution in [1.82, 2.24) is 15.5 Å². The van der Waals surface area contributed by atoms with Crippen molar-refractivity contribution in [2.75, 3.05) is 6.54 Å². The van der Waals surface area contributed by atoms with E-state index in [1.54, 1.807) is 0 Å². The maximum Gasteiger partial charge on any atom is 0.246 e. The van der Waals surface area contributed by atoms with Gasteiger partial charge in [0.25, 0.3) is 0 Å². The molecule has 0 bridgehead atoms. The molecule has 1 heterocycles. The summed E-state index contributed by atoms with van der Waals surface area (Å²) in [4.78, 5) is 4.44. The minimum Gasteiger partial charge on any atom is -0.337 e. The van der Waals surface area contributed by atoms with Crippen molar-refractivity contribution in [2.45, 2.75) is 32.7 Å². The minimum absolute atomic E-state index is 0.319. The van der Waals surface area contributed by atoms with E-state index in [1.165, 1.54) is 0 Å². The number of halogens is 1. The summed E-state index contributed by atoms with van der Waals surface area (Å²) in [6, 6.07) is 7.68. The molecule has 0 radical (unpaired) electrons. The standard InChI is InChI=1S/C14H18ClN3O/c1-4-16-14(2,3)13-17-12(18-19-13)9-10-7-5-6-8-11(10)15/h5-8,16H,4,9H2,1-3H3. The number of nitrogens with zero attached hydrogens (tertiary/aromatic N) is 2. The SMILES string of the molecule is CCNC(C)(C)c1nc(Cc2ccccc2Cl)no1. The van der Waals surface area contributed by atoms with Gasteiger partial charge in [-0.1, -0.05) is 41.9 Å². The third-order valence-electron chi connectivity index (χ3n) is 2.93. The monoisotopic (exact) mass is 279 g/mol. The molecule has 0 saturated carbocycles. The molecule has 102 valence electrons. The number of rotatable bonds is 5. The number of aromatic nitrogens is 2. The van der Waals surface area contributed by atoms with Crippen LogP contribution in [0.25, 0.3) is 0 Å². The van der Waals surface area contributed by atoms with E-state index in [1.807, 2.05) is 45.0 Å². The molecule has 1 aromatic carbocycles. The maximum absolute atomic E-state index is 6.12. The van der Waals surface area contributed by atoms with Crippen molar-refractivity contribution in [1.29, 1.82) is 0 Å². The molecule has 2 rings (SSSR count). The van der Waals surface area contributed by atoms with Crippen LogP contribution >= 0.6 is 11.6 Å². The van der Waals surface area contributed by atoms with Crippen LogP contribution in [0.4, 0.5) is 0 Å². The fourth-order valence-electron chi connectivity index (χ4n) is 1.91. The molecule has 4 nitrogen and oxygen atoms in total. The van der Waals surface area contributed by atoms with Gasteiger partial charge in [-0.15, -0.1) is 0 Å². The van der Waals surface area contributed by atoms with Gasteiger partial charge in [-0.2, -0.15) is 4.98 Å². The van der Waals surface area contributed by atoms with Gasteiger partial charge in [0.2, 0.25) is 5.89 Å². The summed E-state index contributed by atoms with van der Waals surface area (Å²) in [5, 5.41) is 8.04. The summed E-state index contributed by atoms with van der Waals surface area (Å²) in [5.41, 5.74) is 0.679. The maximum atomic E-state index is 6.12. The third-order valence-corrected chi connectivity index (χ3v) is 3.30. The second-order valence-corrected chi connectivity index (χ2v) is 5.35. The lowest BCUT2D eigenvalue weighted by Crippen LogP contribution is -2.36. The molecule has 0 aliphatic carbocycles. The van der Waals surface area contributed by atoms with E-state index in [2.05, 4.69) is 15.5 Å². The predicted molar refractivity (Wildman–Crippen MR) is 75.3 cm³/mol. The van der Waals surface area contributed by atoms with Crippen molar-refractivity contribution in [2.24, 2.45) is 0 Å².